The Hall–Kier alpha value is -1.06. The van der Waals surface area contributed by atoms with Gasteiger partial charge in [-0.15, -0.1) is 0 Å². The highest BCUT2D eigenvalue weighted by Gasteiger charge is 2.14. The molecule has 17 heavy (non-hydrogen) atoms. The Morgan fingerprint density at radius 2 is 2.00 bits per heavy atom. The zero-order valence-corrected chi connectivity index (χ0v) is 10.9. The van der Waals surface area contributed by atoms with Crippen LogP contribution in [-0.4, -0.2) is 40.6 Å². The van der Waals surface area contributed by atoms with E-state index in [9.17, 15) is 12.6 Å². The number of nitrogen functional groups attached to an aromatic ring is 1. The number of nitrogens with one attached hydrogen (secondary N) is 1. The largest absolute Gasteiger partial charge is 0.368 e. The van der Waals surface area contributed by atoms with Crippen LogP contribution in [0.2, 0.25) is 0 Å². The van der Waals surface area contributed by atoms with Crippen molar-refractivity contribution in [2.75, 3.05) is 23.8 Å². The van der Waals surface area contributed by atoms with Gasteiger partial charge in [-0.3, -0.25) is 4.21 Å². The Bertz CT molecular complexity index is 486. The molecule has 1 rings (SSSR count). The van der Waals surface area contributed by atoms with Crippen molar-refractivity contribution >= 4 is 26.8 Å². The maximum atomic E-state index is 11.7. The quantitative estimate of drug-likeness (QED) is 0.697. The average Bonchev–Trinajstić information content (AvgIpc) is 2.29. The smallest absolute Gasteiger partial charge is 0.243 e. The fraction of sp³-hybridized carbons (Fsp3) is 0.500. The average molecular weight is 278 g/mol. The molecule has 96 valence electrons. The normalized spacial score (nSPS) is 13.5. The highest BCUT2D eigenvalue weighted by molar-refractivity contribution is 7.89. The lowest BCUT2D eigenvalue weighted by Gasteiger charge is -2.05. The summed E-state index contributed by atoms with van der Waals surface area (Å²) in [6.45, 7) is 1.89. The molecular formula is C8H14N4O3S2. The summed E-state index contributed by atoms with van der Waals surface area (Å²) in [7, 11) is -4.65. The third-order valence-electron chi connectivity index (χ3n) is 1.90. The van der Waals surface area contributed by atoms with Crippen LogP contribution in [0.25, 0.3) is 0 Å². The Labute approximate surface area is 102 Å². The highest BCUT2D eigenvalue weighted by atomic mass is 32.2. The molecule has 0 saturated carbocycles. The molecule has 0 aliphatic carbocycles. The van der Waals surface area contributed by atoms with Gasteiger partial charge < -0.3 is 5.73 Å². The van der Waals surface area contributed by atoms with E-state index in [0.29, 0.717) is 5.75 Å². The van der Waals surface area contributed by atoms with Crippen LogP contribution >= 0.6 is 0 Å². The van der Waals surface area contributed by atoms with Crippen LogP contribution in [0.1, 0.15) is 6.92 Å². The van der Waals surface area contributed by atoms with Crippen molar-refractivity contribution in [2.45, 2.75) is 11.8 Å². The van der Waals surface area contributed by atoms with Crippen LogP contribution in [0.5, 0.6) is 0 Å². The maximum Gasteiger partial charge on any atom is 0.243 e. The Balaban J connectivity index is 2.63. The molecule has 1 aromatic rings. The standard InChI is InChI=1S/C8H14N4O3S2/c1-2-16(13)4-3-12-17(14,15)7-5-10-8(9)11-6-7/h5-6,12H,2-4H2,1H3,(H2,9,10,11). The molecule has 0 aromatic carbocycles. The lowest BCUT2D eigenvalue weighted by Crippen LogP contribution is -2.28. The van der Waals surface area contributed by atoms with E-state index in [4.69, 9.17) is 5.73 Å². The van der Waals surface area contributed by atoms with Gasteiger partial charge in [0.05, 0.1) is 12.4 Å². The molecule has 0 spiro atoms. The Morgan fingerprint density at radius 3 is 2.53 bits per heavy atom. The van der Waals surface area contributed by atoms with E-state index in [1.165, 1.54) is 0 Å². The summed E-state index contributed by atoms with van der Waals surface area (Å²) in [4.78, 5) is 7.12. The number of hydrogen-bond donors (Lipinski definition) is 2. The molecule has 1 unspecified atom stereocenters. The fourth-order valence-electron chi connectivity index (χ4n) is 0.982. The molecule has 1 aromatic heterocycles. The number of rotatable bonds is 6. The van der Waals surface area contributed by atoms with Crippen LogP contribution in [0.15, 0.2) is 17.3 Å². The molecule has 1 heterocycles. The lowest BCUT2D eigenvalue weighted by atomic mass is 10.7. The minimum Gasteiger partial charge on any atom is -0.368 e. The third-order valence-corrected chi connectivity index (χ3v) is 4.62. The molecule has 1 atom stereocenters. The van der Waals surface area contributed by atoms with Gasteiger partial charge >= 0.3 is 0 Å². The summed E-state index contributed by atoms with van der Waals surface area (Å²) in [5.74, 6) is 0.800. The molecule has 0 aliphatic rings. The maximum absolute atomic E-state index is 11.7. The van der Waals surface area contributed by atoms with Gasteiger partial charge in [0.1, 0.15) is 4.90 Å². The molecule has 0 saturated heterocycles. The number of nitrogens with zero attached hydrogens (tertiary/aromatic N) is 2. The second-order valence-corrected chi connectivity index (χ2v) is 6.74. The Morgan fingerprint density at radius 1 is 1.41 bits per heavy atom. The molecule has 0 aliphatic heterocycles. The van der Waals surface area contributed by atoms with E-state index < -0.39 is 20.8 Å². The first-order valence-electron chi connectivity index (χ1n) is 4.88. The van der Waals surface area contributed by atoms with Crippen LogP contribution in [0.3, 0.4) is 0 Å². The minimum absolute atomic E-state index is 0.0102. The molecule has 0 bridgehead atoms. The second kappa shape index (κ2) is 6.03. The van der Waals surface area contributed by atoms with Crippen molar-refractivity contribution < 1.29 is 12.6 Å². The van der Waals surface area contributed by atoms with E-state index in [2.05, 4.69) is 14.7 Å². The van der Waals surface area contributed by atoms with Gasteiger partial charge in [0.2, 0.25) is 16.0 Å². The van der Waals surface area contributed by atoms with Crippen molar-refractivity contribution in [3.8, 4) is 0 Å². The molecule has 0 amide bonds. The van der Waals surface area contributed by atoms with E-state index in [1.807, 2.05) is 0 Å². The summed E-state index contributed by atoms with van der Waals surface area (Å²) < 4.78 is 36.8. The summed E-state index contributed by atoms with van der Waals surface area (Å²) >= 11 is 0. The summed E-state index contributed by atoms with van der Waals surface area (Å²) in [6.07, 6.45) is 2.25. The third kappa shape index (κ3) is 4.36. The van der Waals surface area contributed by atoms with Gasteiger partial charge in [-0.1, -0.05) is 6.92 Å². The Kier molecular flexibility index (Phi) is 4.97. The molecule has 0 fully saturated rings. The number of anilines is 1. The molecular weight excluding hydrogens is 264 g/mol. The fourth-order valence-corrected chi connectivity index (χ4v) is 2.65. The lowest BCUT2D eigenvalue weighted by molar-refractivity contribution is 0.583. The van der Waals surface area contributed by atoms with Crippen LogP contribution in [0.4, 0.5) is 5.95 Å². The monoisotopic (exact) mass is 278 g/mol. The van der Waals surface area contributed by atoms with Gasteiger partial charge in [0, 0.05) is 28.9 Å². The summed E-state index contributed by atoms with van der Waals surface area (Å²) in [6, 6.07) is 0. The number of nitrogens with two attached hydrogens (primary N) is 1. The zero-order valence-electron chi connectivity index (χ0n) is 9.29. The number of hydrogen-bond acceptors (Lipinski definition) is 6. The topological polar surface area (TPSA) is 115 Å². The highest BCUT2D eigenvalue weighted by Crippen LogP contribution is 2.05. The van der Waals surface area contributed by atoms with Crippen LogP contribution < -0.4 is 10.5 Å². The number of sulfonamides is 1. The van der Waals surface area contributed by atoms with Crippen molar-refractivity contribution in [1.82, 2.24) is 14.7 Å². The van der Waals surface area contributed by atoms with E-state index in [1.54, 1.807) is 6.92 Å². The zero-order chi connectivity index (χ0) is 12.9. The van der Waals surface area contributed by atoms with Gasteiger partial charge in [0.25, 0.3) is 0 Å². The van der Waals surface area contributed by atoms with Crippen molar-refractivity contribution in [3.05, 3.63) is 12.4 Å². The minimum atomic E-state index is -3.65. The van der Waals surface area contributed by atoms with Gasteiger partial charge in [-0.2, -0.15) is 0 Å². The molecule has 7 nitrogen and oxygen atoms in total. The van der Waals surface area contributed by atoms with Crippen molar-refractivity contribution in [3.63, 3.8) is 0 Å². The van der Waals surface area contributed by atoms with Gasteiger partial charge in [-0.25, -0.2) is 23.1 Å². The first-order chi connectivity index (χ1) is 7.95. The van der Waals surface area contributed by atoms with Crippen molar-refractivity contribution in [1.29, 1.82) is 0 Å². The first-order valence-corrected chi connectivity index (χ1v) is 7.85. The van der Waals surface area contributed by atoms with Crippen molar-refractivity contribution in [2.24, 2.45) is 0 Å². The molecule has 9 heteroatoms. The SMILES string of the molecule is CCS(=O)CCNS(=O)(=O)c1cnc(N)nc1. The van der Waals surface area contributed by atoms with Gasteiger partial charge in [-0.05, 0) is 0 Å². The predicted molar refractivity (Wildman–Crippen MR) is 65.2 cm³/mol. The number of aromatic nitrogens is 2. The summed E-state index contributed by atoms with van der Waals surface area (Å²) in [5.41, 5.74) is 5.25. The van der Waals surface area contributed by atoms with Gasteiger partial charge in [0.15, 0.2) is 0 Å². The molecule has 3 N–H and O–H groups in total. The predicted octanol–water partition coefficient (Wildman–Crippen LogP) is -0.894. The van der Waals surface area contributed by atoms with E-state index in [-0.39, 0.29) is 23.1 Å². The van der Waals surface area contributed by atoms with E-state index >= 15 is 0 Å². The van der Waals surface area contributed by atoms with Crippen LogP contribution in [0, 0.1) is 0 Å². The van der Waals surface area contributed by atoms with E-state index in [0.717, 1.165) is 12.4 Å². The second-order valence-electron chi connectivity index (χ2n) is 3.11. The first kappa shape index (κ1) is 14.0. The van der Waals surface area contributed by atoms with Crippen LogP contribution in [-0.2, 0) is 20.8 Å². The molecule has 0 radical (unpaired) electrons. The summed E-state index contributed by atoms with van der Waals surface area (Å²) in [5, 5.41) is 0.